The Morgan fingerprint density at radius 3 is 2.46 bits per heavy atom. The van der Waals surface area contributed by atoms with Crippen LogP contribution in [-0.4, -0.2) is 38.6 Å². The van der Waals surface area contributed by atoms with Crippen molar-refractivity contribution in [3.63, 3.8) is 0 Å². The molecule has 1 aliphatic heterocycles. The lowest BCUT2D eigenvalue weighted by Crippen LogP contribution is -2.40. The highest BCUT2D eigenvalue weighted by molar-refractivity contribution is 5.96. The van der Waals surface area contributed by atoms with Crippen LogP contribution in [0.1, 0.15) is 18.4 Å². The summed E-state index contributed by atoms with van der Waals surface area (Å²) in [6.45, 7) is 1.20. The number of anilines is 2. The van der Waals surface area contributed by atoms with Crippen molar-refractivity contribution in [2.24, 2.45) is 0 Å². The van der Waals surface area contributed by atoms with E-state index in [1.165, 1.54) is 13.1 Å². The van der Waals surface area contributed by atoms with Crippen LogP contribution in [-0.2, 0) is 11.0 Å². The van der Waals surface area contributed by atoms with Gasteiger partial charge in [-0.1, -0.05) is 0 Å². The highest BCUT2D eigenvalue weighted by atomic mass is 19.4. The second-order valence-corrected chi connectivity index (χ2v) is 5.40. The number of hydrogen-bond acceptors (Lipinski definition) is 4. The third-order valence-electron chi connectivity index (χ3n) is 3.69. The zero-order chi connectivity index (χ0) is 17.7. The highest BCUT2D eigenvalue weighted by Crippen LogP contribution is 2.36. The molecule has 24 heavy (non-hydrogen) atoms. The van der Waals surface area contributed by atoms with Gasteiger partial charge in [0.25, 0.3) is 0 Å². The molecule has 132 valence electrons. The topological polar surface area (TPSA) is 73.5 Å². The van der Waals surface area contributed by atoms with Gasteiger partial charge in [0.05, 0.1) is 23.5 Å². The summed E-state index contributed by atoms with van der Waals surface area (Å²) in [5.74, 6) is -0.640. The maximum atomic E-state index is 12.9. The van der Waals surface area contributed by atoms with Crippen LogP contribution in [0.2, 0.25) is 0 Å². The van der Waals surface area contributed by atoms with Gasteiger partial charge in [0, 0.05) is 20.1 Å². The van der Waals surface area contributed by atoms with Crippen molar-refractivity contribution in [1.82, 2.24) is 10.6 Å². The first kappa shape index (κ1) is 17.9. The maximum absolute atomic E-state index is 12.9. The van der Waals surface area contributed by atoms with Gasteiger partial charge in [-0.05, 0) is 31.0 Å². The van der Waals surface area contributed by atoms with E-state index in [4.69, 9.17) is 0 Å². The molecule has 1 heterocycles. The molecule has 0 bridgehead atoms. The molecule has 0 atom stereocenters. The summed E-state index contributed by atoms with van der Waals surface area (Å²) in [4.78, 5) is 24.7. The lowest BCUT2D eigenvalue weighted by atomic mass is 10.1. The first-order chi connectivity index (χ1) is 11.3. The smallest absolute Gasteiger partial charge is 0.374 e. The normalized spacial score (nSPS) is 14.4. The number of alkyl halides is 3. The summed E-state index contributed by atoms with van der Waals surface area (Å²) in [5.41, 5.74) is 0.0479. The third kappa shape index (κ3) is 4.53. The summed E-state index contributed by atoms with van der Waals surface area (Å²) in [6.07, 6.45) is -2.53. The molecule has 9 heteroatoms. The molecule has 1 fully saturated rings. The zero-order valence-electron chi connectivity index (χ0n) is 13.2. The van der Waals surface area contributed by atoms with Crippen molar-refractivity contribution >= 4 is 23.3 Å². The molecule has 0 unspecified atom stereocenters. The Labute approximate surface area is 137 Å². The van der Waals surface area contributed by atoms with Crippen molar-refractivity contribution in [3.05, 3.63) is 23.8 Å². The van der Waals surface area contributed by atoms with E-state index in [0.29, 0.717) is 5.69 Å². The van der Waals surface area contributed by atoms with Crippen molar-refractivity contribution in [3.8, 4) is 0 Å². The second-order valence-electron chi connectivity index (χ2n) is 5.40. The maximum Gasteiger partial charge on any atom is 0.416 e. The Kier molecular flexibility index (Phi) is 5.53. The molecule has 0 saturated carbocycles. The van der Waals surface area contributed by atoms with E-state index in [0.717, 1.165) is 38.1 Å². The molecule has 2 rings (SSSR count). The molecule has 1 aromatic carbocycles. The lowest BCUT2D eigenvalue weighted by Gasteiger charge is -2.23. The molecular formula is C15H19F3N4O2. The second kappa shape index (κ2) is 7.41. The highest BCUT2D eigenvalue weighted by Gasteiger charge is 2.31. The fraction of sp³-hybridized carbons (Fsp3) is 0.467. The molecule has 1 aliphatic rings. The average molecular weight is 344 g/mol. The molecule has 0 aliphatic carbocycles. The van der Waals surface area contributed by atoms with Gasteiger partial charge in [0.15, 0.2) is 0 Å². The molecule has 1 aromatic rings. The number of urea groups is 1. The molecule has 0 radical (unpaired) electrons. The van der Waals surface area contributed by atoms with Gasteiger partial charge in [-0.25, -0.2) is 4.79 Å². The first-order valence-corrected chi connectivity index (χ1v) is 7.53. The minimum atomic E-state index is -4.47. The molecule has 1 saturated heterocycles. The fourth-order valence-corrected chi connectivity index (χ4v) is 2.50. The molecule has 0 spiro atoms. The number of rotatable bonds is 4. The van der Waals surface area contributed by atoms with Crippen LogP contribution in [0.4, 0.5) is 29.3 Å². The molecule has 0 aromatic heterocycles. The largest absolute Gasteiger partial charge is 0.416 e. The van der Waals surface area contributed by atoms with Gasteiger partial charge in [-0.3, -0.25) is 10.1 Å². The van der Waals surface area contributed by atoms with E-state index < -0.39 is 23.7 Å². The summed E-state index contributed by atoms with van der Waals surface area (Å²) < 4.78 is 38.8. The number of imide groups is 1. The van der Waals surface area contributed by atoms with E-state index in [1.807, 2.05) is 10.2 Å². The number of carbonyl (C=O) groups excluding carboxylic acids is 2. The number of nitrogens with one attached hydrogen (secondary N) is 3. The van der Waals surface area contributed by atoms with Gasteiger partial charge in [-0.15, -0.1) is 0 Å². The summed E-state index contributed by atoms with van der Waals surface area (Å²) in [7, 11) is 1.36. The standard InChI is InChI=1S/C15H19F3N4O2/c1-19-14(24)21-13(23)9-20-11-8-10(15(16,17)18)4-5-12(11)22-6-2-3-7-22/h4-5,8,20H,2-3,6-7,9H2,1H3,(H2,19,21,23,24). The van der Waals surface area contributed by atoms with Crippen LogP contribution in [0.15, 0.2) is 18.2 Å². The Morgan fingerprint density at radius 1 is 1.21 bits per heavy atom. The number of hydrogen-bond donors (Lipinski definition) is 3. The van der Waals surface area contributed by atoms with E-state index in [-0.39, 0.29) is 12.2 Å². The monoisotopic (exact) mass is 344 g/mol. The molecule has 3 N–H and O–H groups in total. The van der Waals surface area contributed by atoms with Gasteiger partial charge in [0.2, 0.25) is 5.91 Å². The Bertz CT molecular complexity index is 613. The van der Waals surface area contributed by atoms with Gasteiger partial charge in [0.1, 0.15) is 0 Å². The van der Waals surface area contributed by atoms with Crippen LogP contribution >= 0.6 is 0 Å². The molecule has 6 nitrogen and oxygen atoms in total. The SMILES string of the molecule is CNC(=O)NC(=O)CNc1cc(C(F)(F)F)ccc1N1CCCC1. The zero-order valence-corrected chi connectivity index (χ0v) is 13.2. The minimum absolute atomic E-state index is 0.221. The first-order valence-electron chi connectivity index (χ1n) is 7.53. The Balaban J connectivity index is 2.17. The van der Waals surface area contributed by atoms with Crippen molar-refractivity contribution in [1.29, 1.82) is 0 Å². The van der Waals surface area contributed by atoms with E-state index in [1.54, 1.807) is 0 Å². The average Bonchev–Trinajstić information content (AvgIpc) is 3.05. The number of carbonyl (C=O) groups is 2. The van der Waals surface area contributed by atoms with Crippen LogP contribution in [0.5, 0.6) is 0 Å². The van der Waals surface area contributed by atoms with Crippen molar-refractivity contribution < 1.29 is 22.8 Å². The summed E-state index contributed by atoms with van der Waals surface area (Å²) in [6, 6.07) is 2.75. The lowest BCUT2D eigenvalue weighted by molar-refractivity contribution is -0.137. The predicted octanol–water partition coefficient (Wildman–Crippen LogP) is 2.17. The van der Waals surface area contributed by atoms with Gasteiger partial charge >= 0.3 is 12.2 Å². The van der Waals surface area contributed by atoms with Crippen LogP contribution in [0.25, 0.3) is 0 Å². The quantitative estimate of drug-likeness (QED) is 0.783. The van der Waals surface area contributed by atoms with Crippen molar-refractivity contribution in [2.75, 3.05) is 36.9 Å². The predicted molar refractivity (Wildman–Crippen MR) is 84.0 cm³/mol. The third-order valence-corrected chi connectivity index (χ3v) is 3.69. The van der Waals surface area contributed by atoms with E-state index in [2.05, 4.69) is 10.6 Å². The number of nitrogens with zero attached hydrogens (tertiary/aromatic N) is 1. The van der Waals surface area contributed by atoms with Gasteiger partial charge < -0.3 is 15.5 Å². The van der Waals surface area contributed by atoms with E-state index in [9.17, 15) is 22.8 Å². The Hall–Kier alpha value is -2.45. The van der Waals surface area contributed by atoms with Crippen LogP contribution in [0.3, 0.4) is 0 Å². The fourth-order valence-electron chi connectivity index (χ4n) is 2.50. The number of halogens is 3. The number of benzene rings is 1. The van der Waals surface area contributed by atoms with Crippen molar-refractivity contribution in [2.45, 2.75) is 19.0 Å². The Morgan fingerprint density at radius 2 is 1.88 bits per heavy atom. The van der Waals surface area contributed by atoms with Crippen LogP contribution < -0.4 is 20.9 Å². The number of amides is 3. The summed E-state index contributed by atoms with van der Waals surface area (Å²) >= 11 is 0. The van der Waals surface area contributed by atoms with E-state index >= 15 is 0 Å². The molecular weight excluding hydrogens is 325 g/mol. The summed E-state index contributed by atoms with van der Waals surface area (Å²) in [5, 5.41) is 6.97. The van der Waals surface area contributed by atoms with Gasteiger partial charge in [-0.2, -0.15) is 13.2 Å². The minimum Gasteiger partial charge on any atom is -0.374 e. The van der Waals surface area contributed by atoms with Crippen LogP contribution in [0, 0.1) is 0 Å². The molecule has 3 amide bonds.